The van der Waals surface area contributed by atoms with Gasteiger partial charge in [-0.3, -0.25) is 9.69 Å². The van der Waals surface area contributed by atoms with Crippen LogP contribution in [-0.2, 0) is 16.1 Å². The first-order valence-electron chi connectivity index (χ1n) is 9.94. The Hall–Kier alpha value is -3.56. The van der Waals surface area contributed by atoms with Crippen molar-refractivity contribution in [3.8, 4) is 22.8 Å². The van der Waals surface area contributed by atoms with Crippen LogP contribution in [0.3, 0.4) is 0 Å². The molecule has 9 heteroatoms. The molecule has 0 atom stereocenters. The van der Waals surface area contributed by atoms with Crippen LogP contribution < -0.4 is 9.47 Å². The molecule has 3 aromatic rings. The number of hydrogen-bond donors (Lipinski definition) is 0. The fraction of sp³-hybridized carbons (Fsp3) is 0.125. The SMILES string of the molecule is COC(=O)c1ccc(-c2ccc(C=C3SC(=S)N(Cc4ccc5c(c4)OCO5)C3=O)o2)cc1. The highest BCUT2D eigenvalue weighted by Gasteiger charge is 2.32. The number of hydrogen-bond acceptors (Lipinski definition) is 8. The molecule has 2 aliphatic rings. The molecule has 3 heterocycles. The first-order valence-corrected chi connectivity index (χ1v) is 11.2. The summed E-state index contributed by atoms with van der Waals surface area (Å²) in [5, 5.41) is 0. The van der Waals surface area contributed by atoms with Crippen molar-refractivity contribution in [2.45, 2.75) is 6.54 Å². The van der Waals surface area contributed by atoms with Crippen molar-refractivity contribution in [3.63, 3.8) is 0 Å². The molecule has 166 valence electrons. The summed E-state index contributed by atoms with van der Waals surface area (Å²) in [7, 11) is 1.34. The van der Waals surface area contributed by atoms with E-state index in [9.17, 15) is 9.59 Å². The molecule has 0 unspecified atom stereocenters. The molecule has 33 heavy (non-hydrogen) atoms. The Morgan fingerprint density at radius 2 is 1.91 bits per heavy atom. The van der Waals surface area contributed by atoms with Gasteiger partial charge in [0.25, 0.3) is 5.91 Å². The highest BCUT2D eigenvalue weighted by atomic mass is 32.2. The largest absolute Gasteiger partial charge is 0.465 e. The zero-order valence-electron chi connectivity index (χ0n) is 17.4. The third-order valence-corrected chi connectivity index (χ3v) is 6.52. The number of carbonyl (C=O) groups excluding carboxylic acids is 2. The summed E-state index contributed by atoms with van der Waals surface area (Å²) >= 11 is 6.67. The minimum Gasteiger partial charge on any atom is -0.465 e. The van der Waals surface area contributed by atoms with Gasteiger partial charge < -0.3 is 18.6 Å². The number of esters is 1. The van der Waals surface area contributed by atoms with Crippen molar-refractivity contribution in [2.75, 3.05) is 13.9 Å². The maximum atomic E-state index is 13.0. The second kappa shape index (κ2) is 8.76. The second-order valence-corrected chi connectivity index (χ2v) is 8.90. The molecule has 7 nitrogen and oxygen atoms in total. The van der Waals surface area contributed by atoms with Gasteiger partial charge in [0.2, 0.25) is 6.79 Å². The van der Waals surface area contributed by atoms with Crippen molar-refractivity contribution in [2.24, 2.45) is 0 Å². The van der Waals surface area contributed by atoms with Gasteiger partial charge in [-0.25, -0.2) is 4.79 Å². The van der Waals surface area contributed by atoms with Crippen molar-refractivity contribution in [3.05, 3.63) is 76.4 Å². The van der Waals surface area contributed by atoms with Crippen LogP contribution in [-0.4, -0.2) is 35.0 Å². The molecule has 0 radical (unpaired) electrons. The maximum absolute atomic E-state index is 13.0. The molecule has 0 spiro atoms. The van der Waals surface area contributed by atoms with Gasteiger partial charge in [0.1, 0.15) is 15.8 Å². The normalized spacial score (nSPS) is 16.0. The van der Waals surface area contributed by atoms with E-state index in [1.165, 1.54) is 18.9 Å². The van der Waals surface area contributed by atoms with Crippen molar-refractivity contribution < 1.29 is 28.2 Å². The number of methoxy groups -OCH3 is 1. The standard InChI is InChI=1S/C24H17NO6S2/c1-28-23(27)16-5-3-15(4-6-16)18-9-7-17(31-18)11-21-22(26)25(24(32)33-21)12-14-2-8-19-20(10-14)30-13-29-19/h2-11H,12-13H2,1H3. The van der Waals surface area contributed by atoms with Gasteiger partial charge in [-0.1, -0.05) is 42.2 Å². The summed E-state index contributed by atoms with van der Waals surface area (Å²) < 4.78 is 21.8. The smallest absolute Gasteiger partial charge is 0.337 e. The summed E-state index contributed by atoms with van der Waals surface area (Å²) in [6, 6.07) is 16.1. The van der Waals surface area contributed by atoms with Gasteiger partial charge in [-0.05, 0) is 42.0 Å². The summed E-state index contributed by atoms with van der Waals surface area (Å²) in [4.78, 5) is 26.6. The van der Waals surface area contributed by atoms with Crippen LogP contribution in [0.2, 0.25) is 0 Å². The minimum atomic E-state index is -0.399. The fourth-order valence-electron chi connectivity index (χ4n) is 3.46. The number of thiocarbonyl (C=S) groups is 1. The zero-order valence-corrected chi connectivity index (χ0v) is 19.0. The average Bonchev–Trinajstić information content (AvgIpc) is 3.55. The zero-order chi connectivity index (χ0) is 22.9. The lowest BCUT2D eigenvalue weighted by Gasteiger charge is -2.14. The van der Waals surface area contributed by atoms with E-state index in [2.05, 4.69) is 0 Å². The molecule has 1 amide bonds. The van der Waals surface area contributed by atoms with Gasteiger partial charge in [0, 0.05) is 11.6 Å². The summed E-state index contributed by atoms with van der Waals surface area (Å²) in [5.74, 6) is 1.93. The maximum Gasteiger partial charge on any atom is 0.337 e. The van der Waals surface area contributed by atoms with Crippen molar-refractivity contribution >= 4 is 46.3 Å². The number of carbonyl (C=O) groups is 2. The Morgan fingerprint density at radius 3 is 2.70 bits per heavy atom. The van der Waals surface area contributed by atoms with Crippen LogP contribution in [0.4, 0.5) is 0 Å². The van der Waals surface area contributed by atoms with Crippen molar-refractivity contribution in [1.29, 1.82) is 0 Å². The Morgan fingerprint density at radius 1 is 1.12 bits per heavy atom. The number of fused-ring (bicyclic) bond motifs is 1. The molecule has 5 rings (SSSR count). The minimum absolute atomic E-state index is 0.178. The van der Waals surface area contributed by atoms with E-state index in [4.69, 9.17) is 30.8 Å². The number of ether oxygens (including phenoxy) is 3. The predicted molar refractivity (Wildman–Crippen MR) is 127 cm³/mol. The van der Waals surface area contributed by atoms with E-state index in [0.717, 1.165) is 11.1 Å². The quantitative estimate of drug-likeness (QED) is 0.292. The molecular formula is C24H17NO6S2. The fourth-order valence-corrected chi connectivity index (χ4v) is 4.70. The molecule has 1 aromatic heterocycles. The van der Waals surface area contributed by atoms with Crippen LogP contribution in [0, 0.1) is 0 Å². The number of furan rings is 1. The highest BCUT2D eigenvalue weighted by Crippen LogP contribution is 2.37. The molecule has 2 aromatic carbocycles. The summed E-state index contributed by atoms with van der Waals surface area (Å²) in [6.07, 6.45) is 1.69. The Balaban J connectivity index is 1.31. The first-order chi connectivity index (χ1) is 16.0. The molecule has 1 saturated heterocycles. The third-order valence-electron chi connectivity index (χ3n) is 5.14. The molecule has 2 aliphatic heterocycles. The molecule has 0 bridgehead atoms. The average molecular weight is 480 g/mol. The van der Waals surface area contributed by atoms with E-state index in [0.29, 0.717) is 44.4 Å². The predicted octanol–water partition coefficient (Wildman–Crippen LogP) is 4.86. The molecule has 0 aliphatic carbocycles. The van der Waals surface area contributed by atoms with E-state index >= 15 is 0 Å². The van der Waals surface area contributed by atoms with E-state index in [1.54, 1.807) is 41.3 Å². The van der Waals surface area contributed by atoms with E-state index in [-0.39, 0.29) is 12.7 Å². The van der Waals surface area contributed by atoms with Crippen LogP contribution in [0.25, 0.3) is 17.4 Å². The number of thioether (sulfide) groups is 1. The van der Waals surface area contributed by atoms with Crippen LogP contribution in [0.1, 0.15) is 21.7 Å². The van der Waals surface area contributed by atoms with Gasteiger partial charge >= 0.3 is 5.97 Å². The first kappa shape index (κ1) is 21.3. The lowest BCUT2D eigenvalue weighted by molar-refractivity contribution is -0.122. The van der Waals surface area contributed by atoms with Crippen LogP contribution in [0.5, 0.6) is 11.5 Å². The topological polar surface area (TPSA) is 78.2 Å². The van der Waals surface area contributed by atoms with E-state index in [1.807, 2.05) is 24.3 Å². The number of nitrogens with zero attached hydrogens (tertiary/aromatic N) is 1. The second-order valence-electron chi connectivity index (χ2n) is 7.23. The Kier molecular flexibility index (Phi) is 5.65. The lowest BCUT2D eigenvalue weighted by atomic mass is 10.1. The van der Waals surface area contributed by atoms with Crippen LogP contribution in [0.15, 0.2) is 63.9 Å². The van der Waals surface area contributed by atoms with Gasteiger partial charge in [-0.15, -0.1) is 0 Å². The van der Waals surface area contributed by atoms with Gasteiger partial charge in [0.05, 0.1) is 24.1 Å². The molecule has 0 saturated carbocycles. The molecule has 0 N–H and O–H groups in total. The third kappa shape index (κ3) is 4.24. The summed E-state index contributed by atoms with van der Waals surface area (Å²) in [5.41, 5.74) is 2.16. The van der Waals surface area contributed by atoms with E-state index < -0.39 is 5.97 Å². The number of benzene rings is 2. The monoisotopic (exact) mass is 479 g/mol. The van der Waals surface area contributed by atoms with Gasteiger partial charge in [0.15, 0.2) is 11.5 Å². The van der Waals surface area contributed by atoms with Gasteiger partial charge in [-0.2, -0.15) is 0 Å². The highest BCUT2D eigenvalue weighted by molar-refractivity contribution is 8.26. The Bertz CT molecular complexity index is 1290. The number of amides is 1. The van der Waals surface area contributed by atoms with Crippen LogP contribution >= 0.6 is 24.0 Å². The molecular weight excluding hydrogens is 462 g/mol. The molecule has 1 fully saturated rings. The lowest BCUT2D eigenvalue weighted by Crippen LogP contribution is -2.27. The summed E-state index contributed by atoms with van der Waals surface area (Å²) in [6.45, 7) is 0.539. The Labute approximate surface area is 198 Å². The van der Waals surface area contributed by atoms with Crippen molar-refractivity contribution in [1.82, 2.24) is 4.90 Å². The number of rotatable bonds is 5.